The van der Waals surface area contributed by atoms with Crippen molar-refractivity contribution in [3.63, 3.8) is 0 Å². The van der Waals surface area contributed by atoms with Gasteiger partial charge in [-0.25, -0.2) is 8.42 Å². The Morgan fingerprint density at radius 1 is 0.865 bits per heavy atom. The van der Waals surface area contributed by atoms with Crippen LogP contribution in [0.3, 0.4) is 0 Å². The highest BCUT2D eigenvalue weighted by molar-refractivity contribution is 7.92. The zero-order chi connectivity index (χ0) is 27.2. The Kier molecular flexibility index (Phi) is 9.10. The lowest BCUT2D eigenvalue weighted by Gasteiger charge is -2.32. The number of anilines is 1. The van der Waals surface area contributed by atoms with Crippen LogP contribution in [0.4, 0.5) is 5.69 Å². The number of amides is 2. The third-order valence-electron chi connectivity index (χ3n) is 6.16. The van der Waals surface area contributed by atoms with Crippen LogP contribution < -0.4 is 9.62 Å². The second kappa shape index (κ2) is 12.1. The fourth-order valence-corrected chi connectivity index (χ4v) is 5.40. The molecule has 1 N–H and O–H groups in total. The molecule has 0 spiro atoms. The topological polar surface area (TPSA) is 86.8 Å². The number of nitrogens with zero attached hydrogens (tertiary/aromatic N) is 2. The summed E-state index contributed by atoms with van der Waals surface area (Å²) >= 11 is 0. The van der Waals surface area contributed by atoms with Crippen LogP contribution in [0.15, 0.2) is 77.7 Å². The molecule has 0 aliphatic heterocycles. The number of carbonyl (C=O) groups is 2. The van der Waals surface area contributed by atoms with Gasteiger partial charge in [0.25, 0.3) is 10.0 Å². The molecule has 0 fully saturated rings. The molecule has 0 saturated carbocycles. The molecular formula is C29H35N3O4S. The summed E-state index contributed by atoms with van der Waals surface area (Å²) in [6.45, 7) is 9.35. The van der Waals surface area contributed by atoms with Crippen molar-refractivity contribution in [1.29, 1.82) is 0 Å². The van der Waals surface area contributed by atoms with E-state index in [1.807, 2.05) is 52.0 Å². The summed E-state index contributed by atoms with van der Waals surface area (Å²) in [6, 6.07) is 20.4. The van der Waals surface area contributed by atoms with Crippen molar-refractivity contribution in [2.75, 3.05) is 17.4 Å². The van der Waals surface area contributed by atoms with Crippen LogP contribution in [-0.4, -0.2) is 44.3 Å². The Balaban J connectivity index is 2.02. The first kappa shape index (κ1) is 27.9. The lowest BCUT2D eigenvalue weighted by molar-refractivity contribution is -0.139. The van der Waals surface area contributed by atoms with Crippen molar-refractivity contribution >= 4 is 27.5 Å². The molecule has 0 saturated heterocycles. The highest BCUT2D eigenvalue weighted by atomic mass is 32.2. The normalized spacial score (nSPS) is 12.0. The van der Waals surface area contributed by atoms with Crippen LogP contribution in [0, 0.1) is 20.8 Å². The molecule has 196 valence electrons. The van der Waals surface area contributed by atoms with E-state index < -0.39 is 28.5 Å². The third-order valence-corrected chi connectivity index (χ3v) is 7.95. The summed E-state index contributed by atoms with van der Waals surface area (Å²) in [7, 11) is -4.06. The van der Waals surface area contributed by atoms with E-state index in [0.717, 1.165) is 26.6 Å². The molecule has 0 aliphatic carbocycles. The van der Waals surface area contributed by atoms with Gasteiger partial charge >= 0.3 is 0 Å². The van der Waals surface area contributed by atoms with E-state index in [4.69, 9.17) is 0 Å². The summed E-state index contributed by atoms with van der Waals surface area (Å²) in [4.78, 5) is 28.1. The lowest BCUT2D eigenvalue weighted by atomic mass is 10.1. The molecule has 8 heteroatoms. The fourth-order valence-electron chi connectivity index (χ4n) is 3.99. The number of carbonyl (C=O) groups excluding carboxylic acids is 2. The van der Waals surface area contributed by atoms with Gasteiger partial charge in [-0.15, -0.1) is 0 Å². The van der Waals surface area contributed by atoms with Gasteiger partial charge in [0, 0.05) is 13.1 Å². The van der Waals surface area contributed by atoms with E-state index in [1.165, 1.54) is 17.0 Å². The first-order valence-corrected chi connectivity index (χ1v) is 13.8. The summed E-state index contributed by atoms with van der Waals surface area (Å²) in [6.07, 6.45) is 0. The predicted octanol–water partition coefficient (Wildman–Crippen LogP) is 4.36. The van der Waals surface area contributed by atoms with Gasteiger partial charge in [0.15, 0.2) is 0 Å². The highest BCUT2D eigenvalue weighted by Crippen LogP contribution is 2.25. The number of nitrogens with one attached hydrogen (secondary N) is 1. The van der Waals surface area contributed by atoms with Crippen LogP contribution in [0.1, 0.15) is 36.1 Å². The Morgan fingerprint density at radius 2 is 1.46 bits per heavy atom. The zero-order valence-electron chi connectivity index (χ0n) is 22.1. The van der Waals surface area contributed by atoms with Gasteiger partial charge in [-0.3, -0.25) is 13.9 Å². The lowest BCUT2D eigenvalue weighted by Crippen LogP contribution is -2.51. The van der Waals surface area contributed by atoms with E-state index >= 15 is 0 Å². The zero-order valence-corrected chi connectivity index (χ0v) is 22.9. The number of hydrogen-bond acceptors (Lipinski definition) is 4. The SMILES string of the molecule is CCNC(=O)[C@@H](C)N(Cc1cccc(C)c1)C(=O)CN(c1ccc(C)cc1)S(=O)(=O)c1ccc(C)cc1. The monoisotopic (exact) mass is 521 g/mol. The molecule has 0 aromatic heterocycles. The minimum Gasteiger partial charge on any atom is -0.355 e. The fraction of sp³-hybridized carbons (Fsp3) is 0.310. The largest absolute Gasteiger partial charge is 0.355 e. The van der Waals surface area contributed by atoms with E-state index in [2.05, 4.69) is 5.32 Å². The van der Waals surface area contributed by atoms with Gasteiger partial charge in [0.2, 0.25) is 11.8 Å². The van der Waals surface area contributed by atoms with E-state index in [1.54, 1.807) is 43.3 Å². The predicted molar refractivity (Wildman–Crippen MR) is 147 cm³/mol. The Bertz CT molecular complexity index is 1340. The smallest absolute Gasteiger partial charge is 0.264 e. The molecule has 0 aliphatic rings. The van der Waals surface area contributed by atoms with Crippen LogP contribution in [0.2, 0.25) is 0 Å². The Morgan fingerprint density at radius 3 is 2.03 bits per heavy atom. The summed E-state index contributed by atoms with van der Waals surface area (Å²) in [5.41, 5.74) is 4.15. The molecule has 37 heavy (non-hydrogen) atoms. The average Bonchev–Trinajstić information content (AvgIpc) is 2.86. The van der Waals surface area contributed by atoms with Crippen molar-refractivity contribution in [2.45, 2.75) is 52.1 Å². The maximum absolute atomic E-state index is 13.8. The van der Waals surface area contributed by atoms with Crippen LogP contribution >= 0.6 is 0 Å². The van der Waals surface area contributed by atoms with E-state index in [0.29, 0.717) is 12.2 Å². The second-order valence-electron chi connectivity index (χ2n) is 9.24. The Labute approximate surface area is 220 Å². The van der Waals surface area contributed by atoms with Crippen molar-refractivity contribution in [2.24, 2.45) is 0 Å². The third kappa shape index (κ3) is 6.98. The number of sulfonamides is 1. The molecule has 0 bridgehead atoms. The maximum atomic E-state index is 13.8. The molecular weight excluding hydrogens is 486 g/mol. The standard InChI is InChI=1S/C29H35N3O4S/c1-6-30-29(34)24(5)31(19-25-9-7-8-23(4)18-25)28(33)20-32(26-14-10-21(2)11-15-26)37(35,36)27-16-12-22(3)13-17-27/h7-18,24H,6,19-20H2,1-5H3,(H,30,34)/t24-/m1/s1. The number of hydrogen-bond donors (Lipinski definition) is 1. The second-order valence-corrected chi connectivity index (χ2v) is 11.1. The minimum atomic E-state index is -4.06. The molecule has 3 aromatic carbocycles. The van der Waals surface area contributed by atoms with Gasteiger partial charge in [0.1, 0.15) is 12.6 Å². The average molecular weight is 522 g/mol. The highest BCUT2D eigenvalue weighted by Gasteiger charge is 2.32. The Hall–Kier alpha value is -3.65. The van der Waals surface area contributed by atoms with Gasteiger partial charge in [-0.2, -0.15) is 0 Å². The first-order chi connectivity index (χ1) is 17.5. The van der Waals surface area contributed by atoms with Crippen molar-refractivity contribution in [1.82, 2.24) is 10.2 Å². The van der Waals surface area contributed by atoms with Gasteiger partial charge < -0.3 is 10.2 Å². The van der Waals surface area contributed by atoms with Crippen LogP contribution in [0.25, 0.3) is 0 Å². The van der Waals surface area contributed by atoms with Gasteiger partial charge in [-0.1, -0.05) is 65.2 Å². The number of likely N-dealkylation sites (N-methyl/N-ethyl adjacent to an activating group) is 1. The first-order valence-electron chi connectivity index (χ1n) is 12.3. The minimum absolute atomic E-state index is 0.0912. The number of aryl methyl sites for hydroxylation is 3. The van der Waals surface area contributed by atoms with E-state index in [-0.39, 0.29) is 17.3 Å². The molecule has 2 amide bonds. The molecule has 0 radical (unpaired) electrons. The number of benzene rings is 3. The van der Waals surface area contributed by atoms with Crippen LogP contribution in [-0.2, 0) is 26.2 Å². The van der Waals surface area contributed by atoms with Crippen LogP contribution in [0.5, 0.6) is 0 Å². The van der Waals surface area contributed by atoms with E-state index in [9.17, 15) is 18.0 Å². The molecule has 3 rings (SSSR count). The molecule has 0 heterocycles. The van der Waals surface area contributed by atoms with Gasteiger partial charge in [0.05, 0.1) is 10.6 Å². The maximum Gasteiger partial charge on any atom is 0.264 e. The molecule has 7 nitrogen and oxygen atoms in total. The van der Waals surface area contributed by atoms with Crippen molar-refractivity contribution in [3.05, 3.63) is 95.1 Å². The summed E-state index contributed by atoms with van der Waals surface area (Å²) in [5, 5.41) is 2.77. The van der Waals surface area contributed by atoms with Gasteiger partial charge in [-0.05, 0) is 64.4 Å². The molecule has 0 unspecified atom stereocenters. The molecule has 1 atom stereocenters. The van der Waals surface area contributed by atoms with Crippen molar-refractivity contribution < 1.29 is 18.0 Å². The van der Waals surface area contributed by atoms with Crippen molar-refractivity contribution in [3.8, 4) is 0 Å². The summed E-state index contributed by atoms with van der Waals surface area (Å²) in [5.74, 6) is -0.775. The number of rotatable bonds is 10. The molecule has 3 aromatic rings. The summed E-state index contributed by atoms with van der Waals surface area (Å²) < 4.78 is 28.7. The quantitative estimate of drug-likeness (QED) is 0.430.